The normalized spacial score (nSPS) is 9.20. The Hall–Kier alpha value is -1.09. The minimum atomic E-state index is -0.393. The van der Waals surface area contributed by atoms with E-state index in [2.05, 4.69) is 16.6 Å². The lowest BCUT2D eigenvalue weighted by Gasteiger charge is -1.99. The van der Waals surface area contributed by atoms with Crippen LogP contribution in [0.25, 0.3) is 0 Å². The van der Waals surface area contributed by atoms with Crippen molar-refractivity contribution >= 4 is 5.97 Å². The Labute approximate surface area is 89.3 Å². The van der Waals surface area contributed by atoms with Gasteiger partial charge in [0, 0.05) is 0 Å². The SMILES string of the molecule is CCOC(=O)COCC#CCOCCO. The molecule has 0 aliphatic carbocycles. The highest BCUT2D eigenvalue weighted by atomic mass is 16.6. The van der Waals surface area contributed by atoms with Gasteiger partial charge in [0.1, 0.15) is 19.8 Å². The molecule has 5 nitrogen and oxygen atoms in total. The van der Waals surface area contributed by atoms with Crippen molar-refractivity contribution in [2.75, 3.05) is 39.6 Å². The quantitative estimate of drug-likeness (QED) is 0.355. The van der Waals surface area contributed by atoms with E-state index < -0.39 is 5.97 Å². The number of aliphatic hydroxyl groups excluding tert-OH is 1. The van der Waals surface area contributed by atoms with Crippen molar-refractivity contribution < 1.29 is 24.1 Å². The third-order valence-electron chi connectivity index (χ3n) is 1.23. The van der Waals surface area contributed by atoms with E-state index in [-0.39, 0.29) is 33.0 Å². The molecule has 5 heteroatoms. The van der Waals surface area contributed by atoms with Gasteiger partial charge in [0.25, 0.3) is 0 Å². The lowest BCUT2D eigenvalue weighted by Crippen LogP contribution is -2.12. The molecule has 0 saturated carbocycles. The number of aliphatic hydroxyl groups is 1. The summed E-state index contributed by atoms with van der Waals surface area (Å²) in [4.78, 5) is 10.8. The van der Waals surface area contributed by atoms with E-state index in [9.17, 15) is 4.79 Å². The van der Waals surface area contributed by atoms with Crippen LogP contribution in [-0.2, 0) is 19.0 Å². The minimum Gasteiger partial charge on any atom is -0.464 e. The maximum absolute atomic E-state index is 10.8. The highest BCUT2D eigenvalue weighted by Crippen LogP contribution is 1.80. The van der Waals surface area contributed by atoms with Crippen molar-refractivity contribution in [1.82, 2.24) is 0 Å². The van der Waals surface area contributed by atoms with Gasteiger partial charge in [-0.2, -0.15) is 0 Å². The average molecular weight is 216 g/mol. The number of carbonyl (C=O) groups is 1. The predicted molar refractivity (Wildman–Crippen MR) is 53.1 cm³/mol. The Morgan fingerprint density at radius 2 is 1.93 bits per heavy atom. The van der Waals surface area contributed by atoms with Crippen LogP contribution in [0.15, 0.2) is 0 Å². The fourth-order valence-corrected chi connectivity index (χ4v) is 0.678. The van der Waals surface area contributed by atoms with Gasteiger partial charge >= 0.3 is 5.97 Å². The van der Waals surface area contributed by atoms with Gasteiger partial charge < -0.3 is 19.3 Å². The van der Waals surface area contributed by atoms with E-state index in [1.54, 1.807) is 6.92 Å². The molecule has 0 aromatic heterocycles. The van der Waals surface area contributed by atoms with Crippen molar-refractivity contribution in [1.29, 1.82) is 0 Å². The van der Waals surface area contributed by atoms with Crippen molar-refractivity contribution in [3.63, 3.8) is 0 Å². The van der Waals surface area contributed by atoms with Crippen LogP contribution in [0.1, 0.15) is 6.92 Å². The monoisotopic (exact) mass is 216 g/mol. The first-order valence-corrected chi connectivity index (χ1v) is 4.69. The summed E-state index contributed by atoms with van der Waals surface area (Å²) in [6.45, 7) is 2.68. The molecular formula is C10H16O5. The Morgan fingerprint density at radius 1 is 1.27 bits per heavy atom. The zero-order chi connectivity index (χ0) is 11.4. The lowest BCUT2D eigenvalue weighted by molar-refractivity contribution is -0.147. The molecule has 0 spiro atoms. The first-order valence-electron chi connectivity index (χ1n) is 4.69. The van der Waals surface area contributed by atoms with Crippen LogP contribution in [0, 0.1) is 11.8 Å². The van der Waals surface area contributed by atoms with Crippen LogP contribution in [0.2, 0.25) is 0 Å². The number of ether oxygens (including phenoxy) is 3. The molecule has 0 aliphatic rings. The zero-order valence-electron chi connectivity index (χ0n) is 8.82. The van der Waals surface area contributed by atoms with Crippen molar-refractivity contribution in [2.45, 2.75) is 6.92 Å². The third kappa shape index (κ3) is 10.8. The summed E-state index contributed by atoms with van der Waals surface area (Å²) < 4.78 is 14.4. The Balaban J connectivity index is 3.25. The van der Waals surface area contributed by atoms with Crippen molar-refractivity contribution in [3.8, 4) is 11.8 Å². The standard InChI is InChI=1S/C10H16O5/c1-2-15-10(12)9-14-7-4-3-6-13-8-5-11/h11H,2,5-9H2,1H3. The fraction of sp³-hybridized carbons (Fsp3) is 0.700. The molecule has 0 atom stereocenters. The summed E-state index contributed by atoms with van der Waals surface area (Å²) in [6.07, 6.45) is 0. The Kier molecular flexibility index (Phi) is 10.2. The topological polar surface area (TPSA) is 65.0 Å². The molecule has 0 fully saturated rings. The van der Waals surface area contributed by atoms with Gasteiger partial charge in [0.15, 0.2) is 0 Å². The first-order chi connectivity index (χ1) is 7.31. The molecule has 0 unspecified atom stereocenters. The molecule has 0 aromatic carbocycles. The van der Waals surface area contributed by atoms with Gasteiger partial charge in [-0.05, 0) is 6.92 Å². The number of esters is 1. The van der Waals surface area contributed by atoms with Gasteiger partial charge in [-0.15, -0.1) is 0 Å². The summed E-state index contributed by atoms with van der Waals surface area (Å²) in [5.41, 5.74) is 0. The summed E-state index contributed by atoms with van der Waals surface area (Å²) in [7, 11) is 0. The number of carbonyl (C=O) groups excluding carboxylic acids is 1. The van der Waals surface area contributed by atoms with E-state index in [1.807, 2.05) is 0 Å². The highest BCUT2D eigenvalue weighted by molar-refractivity contribution is 5.70. The van der Waals surface area contributed by atoms with Gasteiger partial charge in [0.05, 0.1) is 19.8 Å². The lowest BCUT2D eigenvalue weighted by atomic mass is 10.6. The third-order valence-corrected chi connectivity index (χ3v) is 1.23. The summed E-state index contributed by atoms with van der Waals surface area (Å²) in [5.74, 6) is 4.93. The molecular weight excluding hydrogens is 200 g/mol. The predicted octanol–water partition coefficient (Wildman–Crippen LogP) is -0.422. The summed E-state index contributed by atoms with van der Waals surface area (Å²) in [6, 6.07) is 0. The second-order valence-electron chi connectivity index (χ2n) is 2.43. The van der Waals surface area contributed by atoms with E-state index in [4.69, 9.17) is 14.6 Å². The molecule has 0 bridgehead atoms. The number of rotatable bonds is 7. The summed E-state index contributed by atoms with van der Waals surface area (Å²) in [5, 5.41) is 8.37. The molecule has 15 heavy (non-hydrogen) atoms. The molecule has 1 N–H and O–H groups in total. The largest absolute Gasteiger partial charge is 0.464 e. The Bertz CT molecular complexity index is 216. The van der Waals surface area contributed by atoms with E-state index in [0.717, 1.165) is 0 Å². The first kappa shape index (κ1) is 13.9. The van der Waals surface area contributed by atoms with Crippen molar-refractivity contribution in [3.05, 3.63) is 0 Å². The molecule has 0 heterocycles. The van der Waals surface area contributed by atoms with Gasteiger partial charge in [-0.25, -0.2) is 4.79 Å². The van der Waals surface area contributed by atoms with Crippen LogP contribution < -0.4 is 0 Å². The smallest absolute Gasteiger partial charge is 0.332 e. The van der Waals surface area contributed by atoms with Crippen molar-refractivity contribution in [2.24, 2.45) is 0 Å². The van der Waals surface area contributed by atoms with E-state index >= 15 is 0 Å². The van der Waals surface area contributed by atoms with Crippen LogP contribution in [0.3, 0.4) is 0 Å². The zero-order valence-corrected chi connectivity index (χ0v) is 8.82. The van der Waals surface area contributed by atoms with Crippen LogP contribution in [-0.4, -0.2) is 50.7 Å². The van der Waals surface area contributed by atoms with Gasteiger partial charge in [-0.3, -0.25) is 0 Å². The molecule has 86 valence electrons. The fourth-order valence-electron chi connectivity index (χ4n) is 0.678. The van der Waals surface area contributed by atoms with E-state index in [1.165, 1.54) is 0 Å². The molecule has 0 rings (SSSR count). The van der Waals surface area contributed by atoms with Crippen LogP contribution in [0.5, 0.6) is 0 Å². The maximum atomic E-state index is 10.8. The van der Waals surface area contributed by atoms with Gasteiger partial charge in [-0.1, -0.05) is 11.8 Å². The molecule has 0 saturated heterocycles. The number of hydrogen-bond acceptors (Lipinski definition) is 5. The highest BCUT2D eigenvalue weighted by Gasteiger charge is 1.98. The Morgan fingerprint density at radius 3 is 2.53 bits per heavy atom. The van der Waals surface area contributed by atoms with Gasteiger partial charge in [0.2, 0.25) is 0 Å². The van der Waals surface area contributed by atoms with Crippen LogP contribution in [0.4, 0.5) is 0 Å². The molecule has 0 radical (unpaired) electrons. The molecule has 0 amide bonds. The van der Waals surface area contributed by atoms with Crippen LogP contribution >= 0.6 is 0 Å². The second kappa shape index (κ2) is 11.0. The molecule has 0 aromatic rings. The number of hydrogen-bond donors (Lipinski definition) is 1. The van der Waals surface area contributed by atoms with E-state index in [0.29, 0.717) is 6.61 Å². The maximum Gasteiger partial charge on any atom is 0.332 e. The summed E-state index contributed by atoms with van der Waals surface area (Å²) >= 11 is 0. The average Bonchev–Trinajstić information content (AvgIpc) is 2.22. The molecule has 0 aliphatic heterocycles. The minimum absolute atomic E-state index is 0.0129. The second-order valence-corrected chi connectivity index (χ2v) is 2.43.